The molecule has 10 nitrogen and oxygen atoms in total. The standard InChI is InChI=1S/C30H50N2O8/c1-21(28(34)38-19-23-13-9-7-10-14-23)31-25(24-15-11-8-12-16-24)26(32-29(35)40-30(3,4)5)27(22(2)33)39-20-37-18-17-36-6/h7,9-10,13-14,21-22,24-27,31,33H,8,11-12,15-20H2,1-6H3,(H,32,35). The van der Waals surface area contributed by atoms with Crippen molar-refractivity contribution < 1.29 is 38.4 Å². The van der Waals surface area contributed by atoms with Crippen LogP contribution in [0.5, 0.6) is 0 Å². The highest BCUT2D eigenvalue weighted by atomic mass is 16.7. The number of methoxy groups -OCH3 is 1. The van der Waals surface area contributed by atoms with Crippen LogP contribution in [-0.2, 0) is 35.1 Å². The van der Waals surface area contributed by atoms with Crippen LogP contribution in [0.1, 0.15) is 72.3 Å². The number of carbonyl (C=O) groups is 2. The highest BCUT2D eigenvalue weighted by Gasteiger charge is 2.41. The van der Waals surface area contributed by atoms with Crippen LogP contribution in [0, 0.1) is 5.92 Å². The topological polar surface area (TPSA) is 125 Å². The maximum atomic E-state index is 13.0. The Morgan fingerprint density at radius 1 is 1.05 bits per heavy atom. The number of hydrogen-bond donors (Lipinski definition) is 3. The number of carbonyl (C=O) groups excluding carboxylic acids is 2. The first-order valence-corrected chi connectivity index (χ1v) is 14.3. The van der Waals surface area contributed by atoms with E-state index in [1.807, 2.05) is 30.3 Å². The second kappa shape index (κ2) is 17.5. The largest absolute Gasteiger partial charge is 0.460 e. The van der Waals surface area contributed by atoms with Crippen molar-refractivity contribution in [2.45, 2.75) is 109 Å². The fourth-order valence-corrected chi connectivity index (χ4v) is 4.93. The molecular formula is C30H50N2O8. The number of hydrogen-bond acceptors (Lipinski definition) is 9. The average molecular weight is 567 g/mol. The fraction of sp³-hybridized carbons (Fsp3) is 0.733. The van der Waals surface area contributed by atoms with Gasteiger partial charge < -0.3 is 34.1 Å². The Morgan fingerprint density at radius 2 is 1.73 bits per heavy atom. The van der Waals surface area contributed by atoms with Gasteiger partial charge in [-0.05, 0) is 58.9 Å². The molecule has 10 heteroatoms. The van der Waals surface area contributed by atoms with Crippen molar-refractivity contribution in [1.82, 2.24) is 10.6 Å². The lowest BCUT2D eigenvalue weighted by Crippen LogP contribution is -2.64. The minimum atomic E-state index is -0.959. The summed E-state index contributed by atoms with van der Waals surface area (Å²) in [5.74, 6) is -0.282. The maximum absolute atomic E-state index is 13.0. The minimum absolute atomic E-state index is 0.0997. The van der Waals surface area contributed by atoms with Crippen molar-refractivity contribution in [1.29, 1.82) is 0 Å². The van der Waals surface area contributed by atoms with E-state index in [1.54, 1.807) is 41.7 Å². The molecule has 5 unspecified atom stereocenters. The highest BCUT2D eigenvalue weighted by molar-refractivity contribution is 5.75. The zero-order valence-electron chi connectivity index (χ0n) is 25.0. The predicted octanol–water partition coefficient (Wildman–Crippen LogP) is 3.94. The van der Waals surface area contributed by atoms with Gasteiger partial charge in [-0.1, -0.05) is 49.6 Å². The van der Waals surface area contributed by atoms with Crippen LogP contribution in [0.15, 0.2) is 30.3 Å². The number of ether oxygens (including phenoxy) is 5. The normalized spacial score (nSPS) is 18.3. The third-order valence-electron chi connectivity index (χ3n) is 6.85. The van der Waals surface area contributed by atoms with Gasteiger partial charge in [0.05, 0.1) is 25.4 Å². The van der Waals surface area contributed by atoms with E-state index in [4.69, 9.17) is 23.7 Å². The summed E-state index contributed by atoms with van der Waals surface area (Å²) in [7, 11) is 1.58. The molecule has 1 aliphatic carbocycles. The number of esters is 1. The molecule has 2 rings (SSSR count). The molecule has 1 aromatic carbocycles. The SMILES string of the molecule is COCCOCOC(C(C)O)C(NC(=O)OC(C)(C)C)C(NC(C)C(=O)OCc1ccccc1)C1CCCCC1. The number of aliphatic hydroxyl groups is 1. The molecule has 1 aliphatic rings. The Morgan fingerprint density at radius 3 is 2.33 bits per heavy atom. The van der Waals surface area contributed by atoms with Crippen LogP contribution in [0.2, 0.25) is 0 Å². The van der Waals surface area contributed by atoms with Crippen molar-refractivity contribution >= 4 is 12.1 Å². The summed E-state index contributed by atoms with van der Waals surface area (Å²) >= 11 is 0. The Hall–Kier alpha value is -2.24. The van der Waals surface area contributed by atoms with Gasteiger partial charge in [-0.3, -0.25) is 10.1 Å². The zero-order valence-corrected chi connectivity index (χ0v) is 25.0. The zero-order chi connectivity index (χ0) is 29.5. The van der Waals surface area contributed by atoms with E-state index in [-0.39, 0.29) is 19.3 Å². The molecule has 0 spiro atoms. The van der Waals surface area contributed by atoms with Gasteiger partial charge in [-0.25, -0.2) is 4.79 Å². The third kappa shape index (κ3) is 12.5. The Labute approximate surface area is 239 Å². The van der Waals surface area contributed by atoms with Gasteiger partial charge in [0.2, 0.25) is 0 Å². The second-order valence-corrected chi connectivity index (χ2v) is 11.5. The first-order chi connectivity index (χ1) is 19.0. The number of amides is 1. The van der Waals surface area contributed by atoms with E-state index in [0.29, 0.717) is 13.2 Å². The molecule has 3 N–H and O–H groups in total. The maximum Gasteiger partial charge on any atom is 0.408 e. The summed E-state index contributed by atoms with van der Waals surface area (Å²) < 4.78 is 27.7. The van der Waals surface area contributed by atoms with E-state index in [0.717, 1.165) is 37.7 Å². The fourth-order valence-electron chi connectivity index (χ4n) is 4.93. The summed E-state index contributed by atoms with van der Waals surface area (Å²) in [6.07, 6.45) is 2.59. The molecule has 5 atom stereocenters. The van der Waals surface area contributed by atoms with Crippen molar-refractivity contribution in [3.8, 4) is 0 Å². The predicted molar refractivity (Wildman–Crippen MR) is 152 cm³/mol. The summed E-state index contributed by atoms with van der Waals surface area (Å²) in [5, 5.41) is 17.2. The van der Waals surface area contributed by atoms with Gasteiger partial charge >= 0.3 is 12.1 Å². The van der Waals surface area contributed by atoms with Crippen LogP contribution in [0.3, 0.4) is 0 Å². The quantitative estimate of drug-likeness (QED) is 0.155. The lowest BCUT2D eigenvalue weighted by atomic mass is 9.78. The van der Waals surface area contributed by atoms with Crippen LogP contribution in [-0.4, -0.2) is 80.2 Å². The van der Waals surface area contributed by atoms with Gasteiger partial charge in [-0.2, -0.15) is 0 Å². The first-order valence-electron chi connectivity index (χ1n) is 14.3. The van der Waals surface area contributed by atoms with Crippen LogP contribution in [0.25, 0.3) is 0 Å². The second-order valence-electron chi connectivity index (χ2n) is 11.5. The van der Waals surface area contributed by atoms with E-state index in [2.05, 4.69) is 10.6 Å². The van der Waals surface area contributed by atoms with E-state index in [9.17, 15) is 14.7 Å². The summed E-state index contributed by atoms with van der Waals surface area (Å²) in [5.41, 5.74) is 0.175. The van der Waals surface area contributed by atoms with Crippen LogP contribution in [0.4, 0.5) is 4.79 Å². The molecule has 40 heavy (non-hydrogen) atoms. The highest BCUT2D eigenvalue weighted by Crippen LogP contribution is 2.30. The minimum Gasteiger partial charge on any atom is -0.460 e. The van der Waals surface area contributed by atoms with Gasteiger partial charge in [0.15, 0.2) is 0 Å². The average Bonchev–Trinajstić information content (AvgIpc) is 2.91. The molecule has 1 amide bonds. The molecule has 0 saturated heterocycles. The molecule has 228 valence electrons. The molecule has 1 fully saturated rings. The summed E-state index contributed by atoms with van der Waals surface area (Å²) in [4.78, 5) is 26.1. The Kier molecular flexibility index (Phi) is 14.9. The van der Waals surface area contributed by atoms with Gasteiger partial charge in [0, 0.05) is 13.2 Å². The van der Waals surface area contributed by atoms with Crippen molar-refractivity contribution in [3.05, 3.63) is 35.9 Å². The molecule has 0 heterocycles. The smallest absolute Gasteiger partial charge is 0.408 e. The molecule has 0 aromatic heterocycles. The van der Waals surface area contributed by atoms with Crippen molar-refractivity contribution in [3.63, 3.8) is 0 Å². The van der Waals surface area contributed by atoms with E-state index < -0.39 is 48.0 Å². The van der Waals surface area contributed by atoms with Crippen molar-refractivity contribution in [2.75, 3.05) is 27.1 Å². The number of rotatable bonds is 16. The molecule has 0 radical (unpaired) electrons. The van der Waals surface area contributed by atoms with Crippen LogP contribution < -0.4 is 10.6 Å². The molecular weight excluding hydrogens is 516 g/mol. The molecule has 1 aromatic rings. The van der Waals surface area contributed by atoms with E-state index in [1.165, 1.54) is 0 Å². The van der Waals surface area contributed by atoms with E-state index >= 15 is 0 Å². The van der Waals surface area contributed by atoms with Gasteiger partial charge in [0.25, 0.3) is 0 Å². The lowest BCUT2D eigenvalue weighted by molar-refractivity contribution is -0.149. The molecule has 1 saturated carbocycles. The lowest BCUT2D eigenvalue weighted by Gasteiger charge is -2.42. The Bertz CT molecular complexity index is 855. The number of benzene rings is 1. The molecule has 0 aliphatic heterocycles. The number of nitrogens with one attached hydrogen (secondary N) is 2. The van der Waals surface area contributed by atoms with Gasteiger partial charge in [0.1, 0.15) is 31.1 Å². The Balaban J connectivity index is 2.28. The van der Waals surface area contributed by atoms with Gasteiger partial charge in [-0.15, -0.1) is 0 Å². The monoisotopic (exact) mass is 566 g/mol. The number of aliphatic hydroxyl groups excluding tert-OH is 1. The van der Waals surface area contributed by atoms with Crippen LogP contribution >= 0.6 is 0 Å². The summed E-state index contributed by atoms with van der Waals surface area (Å²) in [6, 6.07) is 7.68. The first kappa shape index (κ1) is 34.0. The third-order valence-corrected chi connectivity index (χ3v) is 6.85. The van der Waals surface area contributed by atoms with Crippen molar-refractivity contribution in [2.24, 2.45) is 5.92 Å². The number of alkyl carbamates (subject to hydrolysis) is 1. The molecule has 0 bridgehead atoms. The summed E-state index contributed by atoms with van der Waals surface area (Å²) in [6.45, 7) is 9.51.